The van der Waals surface area contributed by atoms with Gasteiger partial charge in [0.1, 0.15) is 6.61 Å². The Kier molecular flexibility index (Phi) is 7.23. The molecular weight excluding hydrogens is 411 g/mol. The van der Waals surface area contributed by atoms with Gasteiger partial charge >= 0.3 is 0 Å². The number of aryl methyl sites for hydroxylation is 1. The smallest absolute Gasteiger partial charge is 0.165 e. The van der Waals surface area contributed by atoms with E-state index in [1.54, 1.807) is 12.1 Å². The van der Waals surface area contributed by atoms with Crippen LogP contribution in [0.1, 0.15) is 55.8 Å². The number of halogens is 1. The first-order valence-electron chi connectivity index (χ1n) is 11.7. The standard InChI is InChI=1S/C29H31FN2O/c1-4-9-23(5-2)26-14-12-25(19-28(26)32-17-16-21(3)31-32)24-13-15-29(27(30)18-24)33-20-22-10-7-6-8-11-22/h6-8,10-19,23H,4-5,9,20H2,1-3H3. The molecule has 0 bridgehead atoms. The maximum atomic E-state index is 14.9. The molecule has 4 heteroatoms. The van der Waals surface area contributed by atoms with Crippen LogP contribution in [0.5, 0.6) is 5.75 Å². The Bertz CT molecular complexity index is 1200. The van der Waals surface area contributed by atoms with Crippen LogP contribution in [0.2, 0.25) is 0 Å². The maximum Gasteiger partial charge on any atom is 0.165 e. The van der Waals surface area contributed by atoms with Crippen molar-refractivity contribution in [1.82, 2.24) is 9.78 Å². The predicted octanol–water partition coefficient (Wildman–Crippen LogP) is 7.86. The highest BCUT2D eigenvalue weighted by molar-refractivity contribution is 5.68. The summed E-state index contributed by atoms with van der Waals surface area (Å²) < 4.78 is 22.5. The average molecular weight is 443 g/mol. The lowest BCUT2D eigenvalue weighted by Crippen LogP contribution is -2.06. The molecule has 33 heavy (non-hydrogen) atoms. The third-order valence-electron chi connectivity index (χ3n) is 6.07. The van der Waals surface area contributed by atoms with Crippen LogP contribution in [-0.2, 0) is 6.61 Å². The molecule has 0 N–H and O–H groups in total. The maximum absolute atomic E-state index is 14.9. The van der Waals surface area contributed by atoms with E-state index in [0.29, 0.717) is 12.5 Å². The SMILES string of the molecule is CCCC(CC)c1ccc(-c2ccc(OCc3ccccc3)c(F)c2)cc1-n1ccc(C)n1. The van der Waals surface area contributed by atoms with Gasteiger partial charge in [-0.25, -0.2) is 9.07 Å². The molecule has 1 heterocycles. The molecule has 1 atom stereocenters. The summed E-state index contributed by atoms with van der Waals surface area (Å²) in [5.74, 6) is 0.367. The van der Waals surface area contributed by atoms with Crippen LogP contribution >= 0.6 is 0 Å². The number of nitrogens with zero attached hydrogens (tertiary/aromatic N) is 2. The Balaban J connectivity index is 1.65. The third kappa shape index (κ3) is 5.33. The summed E-state index contributed by atoms with van der Waals surface area (Å²) in [5.41, 5.74) is 6.11. The van der Waals surface area contributed by atoms with E-state index in [4.69, 9.17) is 4.74 Å². The fourth-order valence-electron chi connectivity index (χ4n) is 4.28. The van der Waals surface area contributed by atoms with E-state index in [0.717, 1.165) is 47.3 Å². The summed E-state index contributed by atoms with van der Waals surface area (Å²) >= 11 is 0. The topological polar surface area (TPSA) is 27.1 Å². The molecule has 0 spiro atoms. The van der Waals surface area contributed by atoms with Crippen molar-refractivity contribution in [3.63, 3.8) is 0 Å². The van der Waals surface area contributed by atoms with E-state index in [2.05, 4.69) is 37.1 Å². The van der Waals surface area contributed by atoms with Crippen molar-refractivity contribution >= 4 is 0 Å². The van der Waals surface area contributed by atoms with Crippen LogP contribution in [0.4, 0.5) is 4.39 Å². The molecular formula is C29H31FN2O. The van der Waals surface area contributed by atoms with Gasteiger partial charge in [-0.1, -0.05) is 68.8 Å². The first-order chi connectivity index (χ1) is 16.1. The van der Waals surface area contributed by atoms with E-state index in [1.807, 2.05) is 60.3 Å². The van der Waals surface area contributed by atoms with Crippen molar-refractivity contribution in [2.24, 2.45) is 0 Å². The second kappa shape index (κ2) is 10.5. The fourth-order valence-corrected chi connectivity index (χ4v) is 4.28. The Morgan fingerprint density at radius 1 is 0.939 bits per heavy atom. The highest BCUT2D eigenvalue weighted by Crippen LogP contribution is 2.34. The fraction of sp³-hybridized carbons (Fsp3) is 0.276. The number of hydrogen-bond donors (Lipinski definition) is 0. The molecule has 4 rings (SSSR count). The minimum Gasteiger partial charge on any atom is -0.486 e. The van der Waals surface area contributed by atoms with Gasteiger partial charge in [-0.3, -0.25) is 0 Å². The van der Waals surface area contributed by atoms with Gasteiger partial charge in [-0.05, 0) is 72.2 Å². The molecule has 0 fully saturated rings. The van der Waals surface area contributed by atoms with Gasteiger partial charge in [-0.2, -0.15) is 5.10 Å². The lowest BCUT2D eigenvalue weighted by atomic mass is 9.89. The van der Waals surface area contributed by atoms with Crippen molar-refractivity contribution in [2.45, 2.75) is 52.6 Å². The summed E-state index contributed by atoms with van der Waals surface area (Å²) in [4.78, 5) is 0. The molecule has 0 aliphatic carbocycles. The van der Waals surface area contributed by atoms with Crippen molar-refractivity contribution in [1.29, 1.82) is 0 Å². The highest BCUT2D eigenvalue weighted by atomic mass is 19.1. The van der Waals surface area contributed by atoms with Crippen LogP contribution in [0.3, 0.4) is 0 Å². The zero-order chi connectivity index (χ0) is 23.2. The average Bonchev–Trinajstić information content (AvgIpc) is 3.28. The van der Waals surface area contributed by atoms with E-state index in [9.17, 15) is 4.39 Å². The monoisotopic (exact) mass is 442 g/mol. The molecule has 4 aromatic rings. The molecule has 0 amide bonds. The van der Waals surface area contributed by atoms with Gasteiger partial charge < -0.3 is 4.74 Å². The number of benzene rings is 3. The number of aromatic nitrogens is 2. The summed E-state index contributed by atoms with van der Waals surface area (Å²) in [7, 11) is 0. The molecule has 170 valence electrons. The molecule has 3 nitrogen and oxygen atoms in total. The van der Waals surface area contributed by atoms with Gasteiger partial charge in [0, 0.05) is 6.20 Å². The van der Waals surface area contributed by atoms with Crippen LogP contribution in [-0.4, -0.2) is 9.78 Å². The minimum absolute atomic E-state index is 0.260. The van der Waals surface area contributed by atoms with Gasteiger partial charge in [0.25, 0.3) is 0 Å². The first-order valence-corrected chi connectivity index (χ1v) is 11.7. The Labute approximate surface area is 195 Å². The minimum atomic E-state index is -0.360. The summed E-state index contributed by atoms with van der Waals surface area (Å²) in [6.45, 7) is 6.78. The van der Waals surface area contributed by atoms with Crippen LogP contribution in [0, 0.1) is 12.7 Å². The molecule has 0 radical (unpaired) electrons. The number of ether oxygens (including phenoxy) is 1. The Morgan fingerprint density at radius 3 is 2.36 bits per heavy atom. The largest absolute Gasteiger partial charge is 0.486 e. The van der Waals surface area contributed by atoms with Gasteiger partial charge in [-0.15, -0.1) is 0 Å². The van der Waals surface area contributed by atoms with Crippen LogP contribution in [0.15, 0.2) is 79.0 Å². The summed E-state index contributed by atoms with van der Waals surface area (Å²) in [6, 6.07) is 23.4. The first kappa shape index (κ1) is 22.8. The van der Waals surface area contributed by atoms with Crippen LogP contribution < -0.4 is 4.74 Å². The second-order valence-electron chi connectivity index (χ2n) is 8.49. The normalized spacial score (nSPS) is 12.0. The van der Waals surface area contributed by atoms with Crippen molar-refractivity contribution < 1.29 is 9.13 Å². The molecule has 0 saturated heterocycles. The third-order valence-corrected chi connectivity index (χ3v) is 6.07. The number of rotatable bonds is 9. The lowest BCUT2D eigenvalue weighted by Gasteiger charge is -2.20. The van der Waals surface area contributed by atoms with Crippen molar-refractivity contribution in [2.75, 3.05) is 0 Å². The van der Waals surface area contributed by atoms with Crippen molar-refractivity contribution in [3.8, 4) is 22.6 Å². The van der Waals surface area contributed by atoms with Gasteiger partial charge in [0.05, 0.1) is 11.4 Å². The van der Waals surface area contributed by atoms with Crippen LogP contribution in [0.25, 0.3) is 16.8 Å². The molecule has 0 saturated carbocycles. The molecule has 0 aliphatic rings. The Hall–Kier alpha value is -3.40. The zero-order valence-electron chi connectivity index (χ0n) is 19.6. The summed E-state index contributed by atoms with van der Waals surface area (Å²) in [5, 5.41) is 4.66. The molecule has 1 aromatic heterocycles. The number of hydrogen-bond acceptors (Lipinski definition) is 2. The van der Waals surface area contributed by atoms with E-state index >= 15 is 0 Å². The molecule has 0 aliphatic heterocycles. The Morgan fingerprint density at radius 2 is 1.70 bits per heavy atom. The van der Waals surface area contributed by atoms with Gasteiger partial charge in [0.15, 0.2) is 11.6 Å². The predicted molar refractivity (Wildman–Crippen MR) is 132 cm³/mol. The van der Waals surface area contributed by atoms with Crippen molar-refractivity contribution in [3.05, 3.63) is 102 Å². The summed E-state index contributed by atoms with van der Waals surface area (Å²) in [6.07, 6.45) is 5.33. The zero-order valence-corrected chi connectivity index (χ0v) is 19.6. The lowest BCUT2D eigenvalue weighted by molar-refractivity contribution is 0.290. The highest BCUT2D eigenvalue weighted by Gasteiger charge is 2.17. The quantitative estimate of drug-likeness (QED) is 0.264. The molecule has 1 unspecified atom stereocenters. The molecule has 3 aromatic carbocycles. The van der Waals surface area contributed by atoms with Gasteiger partial charge in [0.2, 0.25) is 0 Å². The van der Waals surface area contributed by atoms with E-state index < -0.39 is 0 Å². The van der Waals surface area contributed by atoms with E-state index in [-0.39, 0.29) is 11.6 Å². The van der Waals surface area contributed by atoms with E-state index in [1.165, 1.54) is 5.56 Å². The second-order valence-corrected chi connectivity index (χ2v) is 8.49.